The molecule has 1 saturated carbocycles. The molecule has 1 aliphatic carbocycles. The van der Waals surface area contributed by atoms with Crippen LogP contribution in [0.1, 0.15) is 46.5 Å². The third-order valence-corrected chi connectivity index (χ3v) is 7.93. The Kier molecular flexibility index (Phi) is 6.79. The van der Waals surface area contributed by atoms with Gasteiger partial charge in [0.2, 0.25) is 0 Å². The fraction of sp³-hybridized carbons (Fsp3) is 0.429. The molecule has 0 saturated heterocycles. The van der Waals surface area contributed by atoms with Crippen LogP contribution in [0.25, 0.3) is 22.0 Å². The van der Waals surface area contributed by atoms with Gasteiger partial charge in [0.15, 0.2) is 6.61 Å². The first-order chi connectivity index (χ1) is 17.3. The lowest BCUT2D eigenvalue weighted by Gasteiger charge is -2.37. The van der Waals surface area contributed by atoms with Gasteiger partial charge in [-0.3, -0.25) is 19.5 Å². The highest BCUT2D eigenvalue weighted by Gasteiger charge is 2.33. The van der Waals surface area contributed by atoms with E-state index in [-0.39, 0.29) is 36.5 Å². The fourth-order valence-corrected chi connectivity index (χ4v) is 5.75. The van der Waals surface area contributed by atoms with Crippen molar-refractivity contribution in [1.82, 2.24) is 9.97 Å². The number of aromatic nitrogens is 2. The molecule has 2 aromatic heterocycles. The van der Waals surface area contributed by atoms with Crippen molar-refractivity contribution < 1.29 is 19.1 Å². The van der Waals surface area contributed by atoms with Crippen molar-refractivity contribution in [3.05, 3.63) is 48.0 Å². The lowest BCUT2D eigenvalue weighted by Crippen LogP contribution is -2.43. The Bertz CT molecular complexity index is 1240. The number of nitrogens with zero attached hydrogens (tertiary/aromatic N) is 3. The summed E-state index contributed by atoms with van der Waals surface area (Å²) in [6.07, 6.45) is 5.50. The molecule has 0 spiro atoms. The highest BCUT2D eigenvalue weighted by molar-refractivity contribution is 7.13. The number of anilines is 1. The van der Waals surface area contributed by atoms with Gasteiger partial charge in [0, 0.05) is 17.1 Å². The predicted molar refractivity (Wildman–Crippen MR) is 140 cm³/mol. The number of hydrogen-bond donors (Lipinski definition) is 0. The summed E-state index contributed by atoms with van der Waals surface area (Å²) in [5, 5.41) is 2.78. The predicted octanol–water partition coefficient (Wildman–Crippen LogP) is 5.75. The first-order valence-corrected chi connectivity index (χ1v) is 13.3. The smallest absolute Gasteiger partial charge is 0.326 e. The molecule has 8 heteroatoms. The molecule has 0 radical (unpaired) electrons. The average molecular weight is 506 g/mol. The first-order valence-electron chi connectivity index (χ1n) is 12.4. The van der Waals surface area contributed by atoms with Crippen molar-refractivity contribution in [2.24, 2.45) is 11.3 Å². The van der Waals surface area contributed by atoms with Gasteiger partial charge >= 0.3 is 5.97 Å². The van der Waals surface area contributed by atoms with Gasteiger partial charge in [-0.15, -0.1) is 11.3 Å². The van der Waals surface area contributed by atoms with E-state index < -0.39 is 0 Å². The SMILES string of the molecule is CC(C)(C)C1CCC(OC(=O)CN2C(=O)COc3ccc(-c4csc(-c5ccccn5)n4)cc32)CC1. The Morgan fingerprint density at radius 2 is 1.94 bits per heavy atom. The lowest BCUT2D eigenvalue weighted by atomic mass is 9.72. The highest BCUT2D eigenvalue weighted by atomic mass is 32.1. The molecule has 3 aromatic rings. The summed E-state index contributed by atoms with van der Waals surface area (Å²) in [6, 6.07) is 11.3. The summed E-state index contributed by atoms with van der Waals surface area (Å²) < 4.78 is 11.4. The molecule has 7 nitrogen and oxygen atoms in total. The maximum absolute atomic E-state index is 12.9. The summed E-state index contributed by atoms with van der Waals surface area (Å²) in [4.78, 5) is 36.2. The number of hydrogen-bond acceptors (Lipinski definition) is 7. The number of ether oxygens (including phenoxy) is 2. The van der Waals surface area contributed by atoms with E-state index in [0.29, 0.717) is 17.4 Å². The summed E-state index contributed by atoms with van der Waals surface area (Å²) in [5.41, 5.74) is 3.26. The normalized spacial score (nSPS) is 20.0. The summed E-state index contributed by atoms with van der Waals surface area (Å²) in [6.45, 7) is 6.57. The van der Waals surface area contributed by atoms with Crippen LogP contribution in [0.2, 0.25) is 0 Å². The second-order valence-corrected chi connectivity index (χ2v) is 11.4. The molecule has 1 fully saturated rings. The first kappa shape index (κ1) is 24.4. The zero-order valence-corrected chi connectivity index (χ0v) is 21.7. The van der Waals surface area contributed by atoms with Gasteiger partial charge in [-0.25, -0.2) is 4.98 Å². The molecule has 1 aromatic carbocycles. The molecule has 3 heterocycles. The molecule has 2 aliphatic rings. The minimum atomic E-state index is -0.382. The Hall–Kier alpha value is -3.26. The fourth-order valence-electron chi connectivity index (χ4n) is 4.95. The van der Waals surface area contributed by atoms with E-state index in [1.54, 1.807) is 6.20 Å². The van der Waals surface area contributed by atoms with Gasteiger partial charge in [-0.05, 0) is 67.3 Å². The largest absolute Gasteiger partial charge is 0.482 e. The molecule has 0 atom stereocenters. The summed E-state index contributed by atoms with van der Waals surface area (Å²) >= 11 is 1.51. The van der Waals surface area contributed by atoms with Gasteiger partial charge < -0.3 is 9.47 Å². The minimum Gasteiger partial charge on any atom is -0.482 e. The van der Waals surface area contributed by atoms with Crippen LogP contribution < -0.4 is 9.64 Å². The van der Waals surface area contributed by atoms with Crippen LogP contribution in [0, 0.1) is 11.3 Å². The quantitative estimate of drug-likeness (QED) is 0.411. The van der Waals surface area contributed by atoms with Crippen molar-refractivity contribution in [2.75, 3.05) is 18.1 Å². The minimum absolute atomic E-state index is 0.0851. The third kappa shape index (κ3) is 5.28. The van der Waals surface area contributed by atoms with E-state index in [2.05, 4.69) is 25.8 Å². The molecule has 5 rings (SSSR count). The highest BCUT2D eigenvalue weighted by Crippen LogP contribution is 2.39. The summed E-state index contributed by atoms with van der Waals surface area (Å²) in [7, 11) is 0. The molecule has 36 heavy (non-hydrogen) atoms. The number of thiazole rings is 1. The van der Waals surface area contributed by atoms with Gasteiger partial charge in [-0.1, -0.05) is 26.8 Å². The van der Waals surface area contributed by atoms with Crippen LogP contribution in [-0.4, -0.2) is 41.1 Å². The molecular formula is C28H31N3O4S. The van der Waals surface area contributed by atoms with Crippen LogP contribution in [0.3, 0.4) is 0 Å². The molecule has 188 valence electrons. The van der Waals surface area contributed by atoms with Gasteiger partial charge in [0.25, 0.3) is 5.91 Å². The number of pyridine rings is 1. The number of benzene rings is 1. The number of fused-ring (bicyclic) bond motifs is 1. The van der Waals surface area contributed by atoms with Gasteiger partial charge in [0.1, 0.15) is 23.4 Å². The van der Waals surface area contributed by atoms with E-state index in [4.69, 9.17) is 14.5 Å². The number of amides is 1. The van der Waals surface area contributed by atoms with Crippen molar-refractivity contribution in [3.63, 3.8) is 0 Å². The monoisotopic (exact) mass is 505 g/mol. The maximum atomic E-state index is 12.9. The topological polar surface area (TPSA) is 81.6 Å². The van der Waals surface area contributed by atoms with Crippen LogP contribution in [0.4, 0.5) is 5.69 Å². The zero-order chi connectivity index (χ0) is 25.3. The van der Waals surface area contributed by atoms with E-state index in [1.807, 2.05) is 41.8 Å². The second kappa shape index (κ2) is 10.0. The Morgan fingerprint density at radius 1 is 1.14 bits per heavy atom. The zero-order valence-electron chi connectivity index (χ0n) is 20.9. The molecular weight excluding hydrogens is 474 g/mol. The standard InChI is InChI=1S/C28H31N3O4S/c1-28(2,3)19-8-10-20(11-9-19)35-26(33)15-31-23-14-18(7-12-24(23)34-16-25(31)32)22-17-36-27(30-22)21-6-4-5-13-29-21/h4-7,12-14,17,19-20H,8-11,15-16H2,1-3H3. The van der Waals surface area contributed by atoms with Crippen LogP contribution in [-0.2, 0) is 14.3 Å². The van der Waals surface area contributed by atoms with E-state index in [9.17, 15) is 9.59 Å². The van der Waals surface area contributed by atoms with Crippen LogP contribution in [0.5, 0.6) is 5.75 Å². The molecule has 0 N–H and O–H groups in total. The van der Waals surface area contributed by atoms with Crippen LogP contribution >= 0.6 is 11.3 Å². The van der Waals surface area contributed by atoms with Crippen molar-refractivity contribution in [1.29, 1.82) is 0 Å². The number of carbonyl (C=O) groups is 2. The van der Waals surface area contributed by atoms with E-state index in [0.717, 1.165) is 47.6 Å². The number of esters is 1. The van der Waals surface area contributed by atoms with Crippen molar-refractivity contribution in [3.8, 4) is 27.7 Å². The molecule has 1 amide bonds. The number of carbonyl (C=O) groups excluding carboxylic acids is 2. The Balaban J connectivity index is 1.29. The van der Waals surface area contributed by atoms with Crippen LogP contribution in [0.15, 0.2) is 48.0 Å². The molecule has 1 aliphatic heterocycles. The van der Waals surface area contributed by atoms with Crippen molar-refractivity contribution >= 4 is 28.9 Å². The van der Waals surface area contributed by atoms with Gasteiger partial charge in [0.05, 0.1) is 17.1 Å². The van der Waals surface area contributed by atoms with E-state index in [1.165, 1.54) is 16.2 Å². The second-order valence-electron chi connectivity index (χ2n) is 10.5. The molecule has 0 unspecified atom stereocenters. The van der Waals surface area contributed by atoms with Gasteiger partial charge in [-0.2, -0.15) is 0 Å². The summed E-state index contributed by atoms with van der Waals surface area (Å²) in [5.74, 6) is 0.562. The lowest BCUT2D eigenvalue weighted by molar-refractivity contribution is -0.150. The van der Waals surface area contributed by atoms with Crippen molar-refractivity contribution in [2.45, 2.75) is 52.6 Å². The maximum Gasteiger partial charge on any atom is 0.326 e. The number of rotatable bonds is 5. The average Bonchev–Trinajstić information content (AvgIpc) is 3.36. The van der Waals surface area contributed by atoms with E-state index >= 15 is 0 Å². The Morgan fingerprint density at radius 3 is 2.67 bits per heavy atom. The Labute approximate surface area is 215 Å². The molecule has 0 bridgehead atoms. The third-order valence-electron chi connectivity index (χ3n) is 7.07.